The Hall–Kier alpha value is -1.84. The van der Waals surface area contributed by atoms with Gasteiger partial charge in [-0.15, -0.1) is 0 Å². The minimum Gasteiger partial charge on any atom is -0.478 e. The third-order valence-electron chi connectivity index (χ3n) is 5.82. The number of carbonyl (C=O) groups is 2. The molecule has 4 fully saturated rings. The van der Waals surface area contributed by atoms with Crippen molar-refractivity contribution in [2.24, 2.45) is 17.8 Å². The van der Waals surface area contributed by atoms with Gasteiger partial charge in [-0.25, -0.2) is 4.79 Å². The van der Waals surface area contributed by atoms with E-state index in [0.29, 0.717) is 0 Å². The van der Waals surface area contributed by atoms with Crippen molar-refractivity contribution >= 4 is 11.9 Å². The van der Waals surface area contributed by atoms with E-state index < -0.39 is 5.97 Å². The minimum absolute atomic E-state index is 0.0859. The standard InChI is InChI=1S/C18H21NO3/c20-16(14-3-1-2-4-15(14)17(21)22)19-18-8-11-5-12(9-18)7-13(6-11)10-18/h1-4,11-13H,5-10H2,(H,19,20)(H,21,22). The molecule has 4 bridgehead atoms. The van der Waals surface area contributed by atoms with Gasteiger partial charge in [-0.2, -0.15) is 0 Å². The van der Waals surface area contributed by atoms with Crippen molar-refractivity contribution in [2.75, 3.05) is 0 Å². The van der Waals surface area contributed by atoms with Gasteiger partial charge in [0.1, 0.15) is 0 Å². The lowest BCUT2D eigenvalue weighted by molar-refractivity contribution is -0.0167. The van der Waals surface area contributed by atoms with Crippen LogP contribution in [0.3, 0.4) is 0 Å². The fourth-order valence-electron chi connectivity index (χ4n) is 5.44. The van der Waals surface area contributed by atoms with E-state index in [9.17, 15) is 14.7 Å². The Kier molecular flexibility index (Phi) is 3.03. The predicted octanol–water partition coefficient (Wildman–Crippen LogP) is 3.08. The Morgan fingerprint density at radius 1 is 0.955 bits per heavy atom. The molecule has 4 nitrogen and oxygen atoms in total. The smallest absolute Gasteiger partial charge is 0.336 e. The quantitative estimate of drug-likeness (QED) is 0.901. The van der Waals surface area contributed by atoms with Crippen molar-refractivity contribution in [1.29, 1.82) is 0 Å². The lowest BCUT2D eigenvalue weighted by Gasteiger charge is -2.56. The summed E-state index contributed by atoms with van der Waals surface area (Å²) in [5, 5.41) is 12.5. The van der Waals surface area contributed by atoms with Crippen molar-refractivity contribution in [2.45, 2.75) is 44.1 Å². The molecule has 5 rings (SSSR count). The molecule has 4 aliphatic rings. The molecular weight excluding hydrogens is 278 g/mol. The molecule has 0 unspecified atom stereocenters. The van der Waals surface area contributed by atoms with Gasteiger partial charge in [0.15, 0.2) is 0 Å². The third-order valence-corrected chi connectivity index (χ3v) is 5.82. The van der Waals surface area contributed by atoms with Crippen molar-refractivity contribution in [3.05, 3.63) is 35.4 Å². The summed E-state index contributed by atoms with van der Waals surface area (Å²) in [6.45, 7) is 0. The highest BCUT2D eigenvalue weighted by atomic mass is 16.4. The van der Waals surface area contributed by atoms with E-state index >= 15 is 0 Å². The molecule has 4 aliphatic carbocycles. The maximum atomic E-state index is 12.7. The topological polar surface area (TPSA) is 66.4 Å². The van der Waals surface area contributed by atoms with Crippen LogP contribution in [0.4, 0.5) is 0 Å². The minimum atomic E-state index is -1.05. The Balaban J connectivity index is 1.59. The summed E-state index contributed by atoms with van der Waals surface area (Å²) in [7, 11) is 0. The van der Waals surface area contributed by atoms with Gasteiger partial charge in [-0.1, -0.05) is 12.1 Å². The monoisotopic (exact) mass is 299 g/mol. The number of nitrogens with one attached hydrogen (secondary N) is 1. The number of amides is 1. The summed E-state index contributed by atoms with van der Waals surface area (Å²) in [5.41, 5.74) is 0.285. The number of carboxylic acids is 1. The highest BCUT2D eigenvalue weighted by molar-refractivity contribution is 6.05. The fourth-order valence-corrected chi connectivity index (χ4v) is 5.44. The zero-order valence-electron chi connectivity index (χ0n) is 12.5. The van der Waals surface area contributed by atoms with E-state index in [0.717, 1.165) is 37.0 Å². The number of benzene rings is 1. The van der Waals surface area contributed by atoms with Gasteiger partial charge in [0, 0.05) is 5.54 Å². The summed E-state index contributed by atoms with van der Waals surface area (Å²) in [5.74, 6) is 0.986. The summed E-state index contributed by atoms with van der Waals surface area (Å²) in [4.78, 5) is 24.0. The molecule has 0 aliphatic heterocycles. The van der Waals surface area contributed by atoms with Crippen LogP contribution < -0.4 is 5.32 Å². The molecule has 1 amide bonds. The first-order chi connectivity index (χ1) is 10.5. The lowest BCUT2D eigenvalue weighted by atomic mass is 9.53. The van der Waals surface area contributed by atoms with Crippen LogP contribution in [-0.2, 0) is 0 Å². The summed E-state index contributed by atoms with van der Waals surface area (Å²) in [6, 6.07) is 6.49. The molecule has 22 heavy (non-hydrogen) atoms. The van der Waals surface area contributed by atoms with Crippen molar-refractivity contribution in [3.8, 4) is 0 Å². The third kappa shape index (κ3) is 2.21. The zero-order valence-corrected chi connectivity index (χ0v) is 12.5. The van der Waals surface area contributed by atoms with Gasteiger partial charge in [0.25, 0.3) is 5.91 Å². The molecule has 116 valence electrons. The highest BCUT2D eigenvalue weighted by Crippen LogP contribution is 2.55. The van der Waals surface area contributed by atoms with Gasteiger partial charge >= 0.3 is 5.97 Å². The van der Waals surface area contributed by atoms with Gasteiger partial charge in [0.2, 0.25) is 0 Å². The van der Waals surface area contributed by atoms with E-state index in [-0.39, 0.29) is 22.6 Å². The Morgan fingerprint density at radius 3 is 1.95 bits per heavy atom. The first-order valence-electron chi connectivity index (χ1n) is 8.19. The number of aromatic carboxylic acids is 1. The molecule has 2 N–H and O–H groups in total. The van der Waals surface area contributed by atoms with E-state index in [1.165, 1.54) is 25.3 Å². The van der Waals surface area contributed by atoms with Crippen molar-refractivity contribution in [3.63, 3.8) is 0 Å². The Labute approximate surface area is 129 Å². The molecule has 0 aromatic heterocycles. The molecule has 0 heterocycles. The molecular formula is C18H21NO3. The van der Waals surface area contributed by atoms with Crippen molar-refractivity contribution < 1.29 is 14.7 Å². The van der Waals surface area contributed by atoms with Crippen LogP contribution in [0.1, 0.15) is 59.2 Å². The van der Waals surface area contributed by atoms with E-state index in [4.69, 9.17) is 0 Å². The first kappa shape index (κ1) is 13.8. The number of carboxylic acid groups (broad SMARTS) is 1. The van der Waals surface area contributed by atoms with Crippen molar-refractivity contribution in [1.82, 2.24) is 5.32 Å². The highest BCUT2D eigenvalue weighted by Gasteiger charge is 2.51. The molecule has 1 aromatic carbocycles. The lowest BCUT2D eigenvalue weighted by Crippen LogP contribution is -2.59. The van der Waals surface area contributed by atoms with Crippen LogP contribution in [0.15, 0.2) is 24.3 Å². The first-order valence-corrected chi connectivity index (χ1v) is 8.19. The molecule has 4 heteroatoms. The molecule has 1 aromatic rings. The van der Waals surface area contributed by atoms with Gasteiger partial charge in [-0.3, -0.25) is 4.79 Å². The van der Waals surface area contributed by atoms with Gasteiger partial charge in [0.05, 0.1) is 11.1 Å². The Bertz CT molecular complexity index is 602. The van der Waals surface area contributed by atoms with Crippen LogP contribution in [0.5, 0.6) is 0 Å². The summed E-state index contributed by atoms with van der Waals surface area (Å²) in [6.07, 6.45) is 7.17. The van der Waals surface area contributed by atoms with E-state index in [1.807, 2.05) is 0 Å². The second kappa shape index (κ2) is 4.83. The van der Waals surface area contributed by atoms with Gasteiger partial charge < -0.3 is 10.4 Å². The number of rotatable bonds is 3. The second-order valence-corrected chi connectivity index (χ2v) is 7.50. The van der Waals surface area contributed by atoms with Crippen LogP contribution in [0.2, 0.25) is 0 Å². The predicted molar refractivity (Wildman–Crippen MR) is 81.8 cm³/mol. The average molecular weight is 299 g/mol. The number of carbonyl (C=O) groups excluding carboxylic acids is 1. The van der Waals surface area contributed by atoms with Crippen LogP contribution >= 0.6 is 0 Å². The molecule has 0 radical (unpaired) electrons. The zero-order chi connectivity index (χ0) is 15.3. The molecule has 0 saturated heterocycles. The SMILES string of the molecule is O=C(O)c1ccccc1C(=O)NC12CC3CC(CC(C3)C1)C2. The second-order valence-electron chi connectivity index (χ2n) is 7.50. The molecule has 0 atom stereocenters. The van der Waals surface area contributed by atoms with Crippen LogP contribution in [0, 0.1) is 17.8 Å². The summed E-state index contributed by atoms with van der Waals surface area (Å²) < 4.78 is 0. The van der Waals surface area contributed by atoms with E-state index in [2.05, 4.69) is 5.32 Å². The maximum Gasteiger partial charge on any atom is 0.336 e. The summed E-state index contributed by atoms with van der Waals surface area (Å²) >= 11 is 0. The normalized spacial score (nSPS) is 35.4. The number of hydrogen-bond donors (Lipinski definition) is 2. The van der Waals surface area contributed by atoms with Crippen LogP contribution in [0.25, 0.3) is 0 Å². The average Bonchev–Trinajstić information content (AvgIpc) is 2.45. The molecule has 4 saturated carbocycles. The van der Waals surface area contributed by atoms with E-state index in [1.54, 1.807) is 18.2 Å². The van der Waals surface area contributed by atoms with Crippen LogP contribution in [-0.4, -0.2) is 22.5 Å². The largest absolute Gasteiger partial charge is 0.478 e. The molecule has 0 spiro atoms. The maximum absolute atomic E-state index is 12.7. The fraction of sp³-hybridized carbons (Fsp3) is 0.556. The van der Waals surface area contributed by atoms with Gasteiger partial charge in [-0.05, 0) is 68.4 Å². The number of hydrogen-bond acceptors (Lipinski definition) is 2. The Morgan fingerprint density at radius 2 is 1.45 bits per heavy atom.